The average molecular weight is 220 g/mol. The van der Waals surface area contributed by atoms with Crippen LogP contribution >= 0.6 is 0 Å². The minimum Gasteiger partial charge on any atom is -0.382 e. The number of nitrogens with two attached hydrogens (primary N) is 1. The molecule has 7 heteroatoms. The molecule has 1 fully saturated rings. The molecular formula is C9H12N6O. The number of rotatable bonds is 1. The first-order valence-electron chi connectivity index (χ1n) is 4.98. The van der Waals surface area contributed by atoms with Crippen molar-refractivity contribution in [3.8, 4) is 6.07 Å². The van der Waals surface area contributed by atoms with Gasteiger partial charge in [-0.05, 0) is 0 Å². The van der Waals surface area contributed by atoms with Gasteiger partial charge in [0.25, 0.3) is 5.56 Å². The van der Waals surface area contributed by atoms with Gasteiger partial charge in [-0.15, -0.1) is 0 Å². The Hall–Kier alpha value is -2.07. The first-order chi connectivity index (χ1) is 7.72. The van der Waals surface area contributed by atoms with Gasteiger partial charge in [0.1, 0.15) is 6.07 Å². The number of anilines is 2. The summed E-state index contributed by atoms with van der Waals surface area (Å²) >= 11 is 0. The molecule has 0 bridgehead atoms. The van der Waals surface area contributed by atoms with Gasteiger partial charge in [-0.25, -0.2) is 0 Å². The highest BCUT2D eigenvalue weighted by Gasteiger charge is 2.15. The topological polar surface area (TPSA) is 111 Å². The summed E-state index contributed by atoms with van der Waals surface area (Å²) in [7, 11) is 0. The van der Waals surface area contributed by atoms with Crippen LogP contribution in [0.1, 0.15) is 5.56 Å². The number of nitrogens with one attached hydrogen (secondary N) is 2. The van der Waals surface area contributed by atoms with E-state index in [1.165, 1.54) is 0 Å². The molecule has 0 atom stereocenters. The third-order valence-corrected chi connectivity index (χ3v) is 2.46. The summed E-state index contributed by atoms with van der Waals surface area (Å²) in [6.45, 7) is 3.19. The van der Waals surface area contributed by atoms with E-state index in [1.54, 1.807) is 6.07 Å². The molecule has 0 aliphatic carbocycles. The van der Waals surface area contributed by atoms with Crippen LogP contribution < -0.4 is 21.5 Å². The lowest BCUT2D eigenvalue weighted by molar-refractivity contribution is 0.579. The lowest BCUT2D eigenvalue weighted by Gasteiger charge is -2.27. The zero-order valence-electron chi connectivity index (χ0n) is 8.66. The van der Waals surface area contributed by atoms with E-state index in [2.05, 4.69) is 15.3 Å². The van der Waals surface area contributed by atoms with Crippen LogP contribution in [0.4, 0.5) is 11.8 Å². The van der Waals surface area contributed by atoms with Crippen molar-refractivity contribution in [2.24, 2.45) is 0 Å². The summed E-state index contributed by atoms with van der Waals surface area (Å²) in [6, 6.07) is 1.73. The Labute approximate surface area is 91.9 Å². The van der Waals surface area contributed by atoms with E-state index in [0.717, 1.165) is 26.2 Å². The Bertz CT molecular complexity index is 482. The Kier molecular flexibility index (Phi) is 2.74. The second-order valence-corrected chi connectivity index (χ2v) is 3.50. The second-order valence-electron chi connectivity index (χ2n) is 3.50. The van der Waals surface area contributed by atoms with Crippen LogP contribution in [0.2, 0.25) is 0 Å². The smallest absolute Gasteiger partial charge is 0.272 e. The van der Waals surface area contributed by atoms with Crippen LogP contribution in [0.25, 0.3) is 0 Å². The quantitative estimate of drug-likeness (QED) is 0.538. The molecule has 7 nitrogen and oxygen atoms in total. The van der Waals surface area contributed by atoms with Crippen LogP contribution in [0.5, 0.6) is 0 Å². The maximum Gasteiger partial charge on any atom is 0.272 e. The van der Waals surface area contributed by atoms with Crippen LogP contribution in [-0.2, 0) is 0 Å². The van der Waals surface area contributed by atoms with Crippen molar-refractivity contribution in [2.75, 3.05) is 36.8 Å². The van der Waals surface area contributed by atoms with E-state index in [4.69, 9.17) is 11.0 Å². The van der Waals surface area contributed by atoms with Gasteiger partial charge in [-0.2, -0.15) is 10.2 Å². The molecule has 1 aromatic rings. The third-order valence-electron chi connectivity index (χ3n) is 2.46. The van der Waals surface area contributed by atoms with E-state index < -0.39 is 5.56 Å². The molecule has 1 saturated heterocycles. The van der Waals surface area contributed by atoms with Gasteiger partial charge in [0.15, 0.2) is 11.4 Å². The van der Waals surface area contributed by atoms with Crippen LogP contribution in [0, 0.1) is 11.3 Å². The molecule has 1 aliphatic rings. The molecular weight excluding hydrogens is 208 g/mol. The standard InChI is InChI=1S/C9H12N6O/c10-5-6-7(11)13-9(14-8(6)16)15-3-1-12-2-4-15/h12H,1-4H2,(H3,11,13,14,16). The molecule has 1 aliphatic heterocycles. The summed E-state index contributed by atoms with van der Waals surface area (Å²) < 4.78 is 0. The zero-order valence-corrected chi connectivity index (χ0v) is 8.66. The normalized spacial score (nSPS) is 15.8. The SMILES string of the molecule is N#Cc1c(N)nc(N2CCNCC2)[nH]c1=O. The van der Waals surface area contributed by atoms with E-state index in [-0.39, 0.29) is 11.4 Å². The number of nitrogens with zero attached hydrogens (tertiary/aromatic N) is 3. The van der Waals surface area contributed by atoms with Crippen molar-refractivity contribution >= 4 is 11.8 Å². The molecule has 0 amide bonds. The molecule has 0 radical (unpaired) electrons. The molecule has 0 unspecified atom stereocenters. The Morgan fingerprint density at radius 2 is 2.12 bits per heavy atom. The number of aromatic amines is 1. The van der Waals surface area contributed by atoms with Crippen molar-refractivity contribution in [3.05, 3.63) is 15.9 Å². The van der Waals surface area contributed by atoms with Crippen molar-refractivity contribution in [1.82, 2.24) is 15.3 Å². The van der Waals surface area contributed by atoms with Gasteiger partial charge in [0.05, 0.1) is 0 Å². The van der Waals surface area contributed by atoms with Gasteiger partial charge >= 0.3 is 0 Å². The highest BCUT2D eigenvalue weighted by Crippen LogP contribution is 2.09. The maximum absolute atomic E-state index is 11.5. The Morgan fingerprint density at radius 1 is 1.44 bits per heavy atom. The number of hydrogen-bond donors (Lipinski definition) is 3. The Morgan fingerprint density at radius 3 is 2.69 bits per heavy atom. The summed E-state index contributed by atoms with van der Waals surface area (Å²) in [4.78, 5) is 20.0. The number of H-pyrrole nitrogens is 1. The summed E-state index contributed by atoms with van der Waals surface area (Å²) in [5.41, 5.74) is 4.93. The van der Waals surface area contributed by atoms with Crippen LogP contribution in [0.15, 0.2) is 4.79 Å². The van der Waals surface area contributed by atoms with Gasteiger partial charge < -0.3 is 16.0 Å². The molecule has 0 aromatic carbocycles. The highest BCUT2D eigenvalue weighted by molar-refractivity contribution is 5.50. The first kappa shape index (κ1) is 10.4. The van der Waals surface area contributed by atoms with Gasteiger partial charge in [0, 0.05) is 26.2 Å². The molecule has 1 aromatic heterocycles. The minimum atomic E-state index is -0.483. The van der Waals surface area contributed by atoms with Crippen molar-refractivity contribution < 1.29 is 0 Å². The second kappa shape index (κ2) is 4.20. The fourth-order valence-electron chi connectivity index (χ4n) is 1.61. The fourth-order valence-corrected chi connectivity index (χ4v) is 1.61. The molecule has 84 valence electrons. The predicted octanol–water partition coefficient (Wildman–Crippen LogP) is -1.37. The summed E-state index contributed by atoms with van der Waals surface area (Å²) in [5.74, 6) is 0.419. The molecule has 0 saturated carbocycles. The van der Waals surface area contributed by atoms with E-state index in [9.17, 15) is 4.79 Å². The number of hydrogen-bond acceptors (Lipinski definition) is 6. The molecule has 4 N–H and O–H groups in total. The van der Waals surface area contributed by atoms with Gasteiger partial charge in [0.2, 0.25) is 5.95 Å². The molecule has 16 heavy (non-hydrogen) atoms. The third kappa shape index (κ3) is 1.83. The predicted molar refractivity (Wildman–Crippen MR) is 59.1 cm³/mol. The summed E-state index contributed by atoms with van der Waals surface area (Å²) in [6.07, 6.45) is 0. The number of aromatic nitrogens is 2. The van der Waals surface area contributed by atoms with Gasteiger partial charge in [-0.3, -0.25) is 9.78 Å². The minimum absolute atomic E-state index is 0.0141. The Balaban J connectivity index is 2.36. The number of piperazine rings is 1. The first-order valence-corrected chi connectivity index (χ1v) is 4.98. The van der Waals surface area contributed by atoms with Crippen molar-refractivity contribution in [3.63, 3.8) is 0 Å². The molecule has 2 rings (SSSR count). The summed E-state index contributed by atoms with van der Waals surface area (Å²) in [5, 5.41) is 11.9. The lowest BCUT2D eigenvalue weighted by Crippen LogP contribution is -2.45. The average Bonchev–Trinajstić information content (AvgIpc) is 2.30. The molecule has 0 spiro atoms. The van der Waals surface area contributed by atoms with Crippen molar-refractivity contribution in [1.29, 1.82) is 5.26 Å². The van der Waals surface area contributed by atoms with Crippen molar-refractivity contribution in [2.45, 2.75) is 0 Å². The highest BCUT2D eigenvalue weighted by atomic mass is 16.1. The van der Waals surface area contributed by atoms with Crippen LogP contribution in [0.3, 0.4) is 0 Å². The van der Waals surface area contributed by atoms with E-state index >= 15 is 0 Å². The maximum atomic E-state index is 11.5. The number of nitriles is 1. The largest absolute Gasteiger partial charge is 0.382 e. The lowest BCUT2D eigenvalue weighted by atomic mass is 10.3. The van der Waals surface area contributed by atoms with E-state index in [0.29, 0.717) is 5.95 Å². The molecule has 2 heterocycles. The monoisotopic (exact) mass is 220 g/mol. The number of nitrogen functional groups attached to an aromatic ring is 1. The van der Waals surface area contributed by atoms with Gasteiger partial charge in [-0.1, -0.05) is 0 Å². The van der Waals surface area contributed by atoms with E-state index in [1.807, 2.05) is 4.90 Å². The van der Waals surface area contributed by atoms with Crippen LogP contribution in [-0.4, -0.2) is 36.1 Å². The zero-order chi connectivity index (χ0) is 11.5. The fraction of sp³-hybridized carbons (Fsp3) is 0.444.